The molecule has 116 valence electrons. The SMILES string of the molecule is CNC(=O)C1COCCN1S(=O)(=O)c1ccc(N)cc1Cl. The zero-order valence-corrected chi connectivity index (χ0v) is 12.9. The summed E-state index contributed by atoms with van der Waals surface area (Å²) in [5.41, 5.74) is 5.93. The van der Waals surface area contributed by atoms with Crippen molar-refractivity contribution in [1.29, 1.82) is 0 Å². The van der Waals surface area contributed by atoms with E-state index in [1.807, 2.05) is 0 Å². The summed E-state index contributed by atoms with van der Waals surface area (Å²) in [5.74, 6) is -0.426. The Kier molecular flexibility index (Phi) is 4.72. The maximum atomic E-state index is 12.7. The lowest BCUT2D eigenvalue weighted by molar-refractivity contribution is -0.128. The lowest BCUT2D eigenvalue weighted by atomic mass is 10.2. The molecule has 1 aliphatic rings. The second-order valence-electron chi connectivity index (χ2n) is 4.51. The molecule has 0 aliphatic carbocycles. The molecule has 1 unspecified atom stereocenters. The number of carbonyl (C=O) groups is 1. The Bertz CT molecular complexity index is 650. The molecule has 1 saturated heterocycles. The van der Waals surface area contributed by atoms with Crippen LogP contribution in [0.5, 0.6) is 0 Å². The van der Waals surface area contributed by atoms with Crippen molar-refractivity contribution in [2.24, 2.45) is 0 Å². The van der Waals surface area contributed by atoms with E-state index in [1.54, 1.807) is 0 Å². The van der Waals surface area contributed by atoms with Crippen LogP contribution in [0, 0.1) is 0 Å². The highest BCUT2D eigenvalue weighted by Gasteiger charge is 2.38. The van der Waals surface area contributed by atoms with Crippen LogP contribution in [-0.2, 0) is 19.6 Å². The van der Waals surface area contributed by atoms with Gasteiger partial charge in [0.1, 0.15) is 10.9 Å². The molecule has 1 heterocycles. The fraction of sp³-hybridized carbons (Fsp3) is 0.417. The molecule has 0 radical (unpaired) electrons. The second-order valence-corrected chi connectivity index (χ2v) is 6.78. The summed E-state index contributed by atoms with van der Waals surface area (Å²) < 4.78 is 31.7. The van der Waals surface area contributed by atoms with Crippen molar-refractivity contribution >= 4 is 33.2 Å². The number of likely N-dealkylation sites (N-methyl/N-ethyl adjacent to an activating group) is 1. The first-order valence-electron chi connectivity index (χ1n) is 6.24. The Balaban J connectivity index is 2.43. The number of nitrogen functional groups attached to an aromatic ring is 1. The first kappa shape index (κ1) is 16.0. The Morgan fingerprint density at radius 1 is 1.52 bits per heavy atom. The van der Waals surface area contributed by atoms with Gasteiger partial charge in [0, 0.05) is 19.3 Å². The summed E-state index contributed by atoms with van der Waals surface area (Å²) >= 11 is 5.98. The molecule has 0 aromatic heterocycles. The van der Waals surface area contributed by atoms with Crippen LogP contribution in [0.25, 0.3) is 0 Å². The number of ether oxygens (including phenoxy) is 1. The highest BCUT2D eigenvalue weighted by molar-refractivity contribution is 7.89. The number of anilines is 1. The number of carbonyl (C=O) groups excluding carboxylic acids is 1. The second kappa shape index (κ2) is 6.18. The van der Waals surface area contributed by atoms with Crippen molar-refractivity contribution in [2.75, 3.05) is 32.5 Å². The van der Waals surface area contributed by atoms with E-state index in [0.717, 1.165) is 4.31 Å². The van der Waals surface area contributed by atoms with Gasteiger partial charge < -0.3 is 15.8 Å². The van der Waals surface area contributed by atoms with Gasteiger partial charge in [0.15, 0.2) is 0 Å². The van der Waals surface area contributed by atoms with Gasteiger partial charge in [0.25, 0.3) is 0 Å². The van der Waals surface area contributed by atoms with Crippen molar-refractivity contribution in [2.45, 2.75) is 10.9 Å². The Hall–Kier alpha value is -1.35. The van der Waals surface area contributed by atoms with Crippen LogP contribution in [-0.4, -0.2) is 51.5 Å². The van der Waals surface area contributed by atoms with Crippen molar-refractivity contribution in [3.8, 4) is 0 Å². The van der Waals surface area contributed by atoms with E-state index in [4.69, 9.17) is 22.1 Å². The Morgan fingerprint density at radius 3 is 2.86 bits per heavy atom. The molecule has 21 heavy (non-hydrogen) atoms. The van der Waals surface area contributed by atoms with Gasteiger partial charge in [-0.15, -0.1) is 0 Å². The van der Waals surface area contributed by atoms with E-state index in [2.05, 4.69) is 5.32 Å². The molecule has 3 N–H and O–H groups in total. The first-order valence-corrected chi connectivity index (χ1v) is 8.06. The molecule has 0 spiro atoms. The van der Waals surface area contributed by atoms with Gasteiger partial charge in [0.2, 0.25) is 15.9 Å². The number of halogens is 1. The van der Waals surface area contributed by atoms with Gasteiger partial charge in [0.05, 0.1) is 18.2 Å². The van der Waals surface area contributed by atoms with E-state index < -0.39 is 22.0 Å². The van der Waals surface area contributed by atoms with Crippen molar-refractivity contribution in [3.63, 3.8) is 0 Å². The van der Waals surface area contributed by atoms with Gasteiger partial charge >= 0.3 is 0 Å². The highest BCUT2D eigenvalue weighted by atomic mass is 35.5. The van der Waals surface area contributed by atoms with Gasteiger partial charge in [-0.3, -0.25) is 4.79 Å². The number of hydrogen-bond donors (Lipinski definition) is 2. The maximum absolute atomic E-state index is 12.7. The lowest BCUT2D eigenvalue weighted by Gasteiger charge is -2.33. The molecular formula is C12H16ClN3O4S. The minimum Gasteiger partial charge on any atom is -0.399 e. The normalized spacial score (nSPS) is 20.2. The van der Waals surface area contributed by atoms with Gasteiger partial charge in [-0.2, -0.15) is 4.31 Å². The monoisotopic (exact) mass is 333 g/mol. The van der Waals surface area contributed by atoms with Gasteiger partial charge in [-0.05, 0) is 18.2 Å². The summed E-state index contributed by atoms with van der Waals surface area (Å²) in [6.07, 6.45) is 0. The van der Waals surface area contributed by atoms with E-state index >= 15 is 0 Å². The Morgan fingerprint density at radius 2 is 2.24 bits per heavy atom. The average molecular weight is 334 g/mol. The first-order chi connectivity index (χ1) is 9.87. The minimum absolute atomic E-state index is 0.00545. The number of hydrogen-bond acceptors (Lipinski definition) is 5. The molecule has 0 saturated carbocycles. The lowest BCUT2D eigenvalue weighted by Crippen LogP contribution is -2.55. The summed E-state index contributed by atoms with van der Waals surface area (Å²) in [6.45, 7) is 0.311. The number of nitrogens with one attached hydrogen (secondary N) is 1. The average Bonchev–Trinajstić information content (AvgIpc) is 2.46. The molecule has 7 nitrogen and oxygen atoms in total. The molecular weight excluding hydrogens is 318 g/mol. The van der Waals surface area contributed by atoms with Crippen LogP contribution in [0.2, 0.25) is 5.02 Å². The molecule has 1 aromatic rings. The number of nitrogens with two attached hydrogens (primary N) is 1. The summed E-state index contributed by atoms with van der Waals surface area (Å²) in [7, 11) is -2.47. The number of benzene rings is 1. The van der Waals surface area contributed by atoms with Crippen molar-refractivity contribution < 1.29 is 17.9 Å². The van der Waals surface area contributed by atoms with Crippen LogP contribution < -0.4 is 11.1 Å². The standard InChI is InChI=1S/C12H16ClN3O4S/c1-15-12(17)10-7-20-5-4-16(10)21(18,19)11-3-2-8(14)6-9(11)13/h2-3,6,10H,4-5,7,14H2,1H3,(H,15,17). The smallest absolute Gasteiger partial charge is 0.245 e. The molecule has 1 aromatic carbocycles. The van der Waals surface area contributed by atoms with Crippen LogP contribution in [0.3, 0.4) is 0 Å². The minimum atomic E-state index is -3.91. The molecule has 2 rings (SSSR count). The predicted molar refractivity (Wildman–Crippen MR) is 78.4 cm³/mol. The summed E-state index contributed by atoms with van der Waals surface area (Å²) in [6, 6.07) is 3.24. The van der Waals surface area contributed by atoms with E-state index in [-0.39, 0.29) is 29.7 Å². The topological polar surface area (TPSA) is 102 Å². The summed E-state index contributed by atoms with van der Waals surface area (Å²) in [5, 5.41) is 2.46. The van der Waals surface area contributed by atoms with Crippen molar-refractivity contribution in [1.82, 2.24) is 9.62 Å². The molecule has 1 fully saturated rings. The summed E-state index contributed by atoms with van der Waals surface area (Å²) in [4.78, 5) is 11.8. The third-order valence-electron chi connectivity index (χ3n) is 3.17. The molecule has 1 aliphatic heterocycles. The van der Waals surface area contributed by atoms with E-state index in [1.165, 1.54) is 25.2 Å². The molecule has 9 heteroatoms. The van der Waals surface area contributed by atoms with Gasteiger partial charge in [-0.25, -0.2) is 8.42 Å². The number of morpholine rings is 1. The largest absolute Gasteiger partial charge is 0.399 e. The predicted octanol–water partition coefficient (Wildman–Crippen LogP) is 0.0577. The van der Waals surface area contributed by atoms with Crippen LogP contribution >= 0.6 is 11.6 Å². The van der Waals surface area contributed by atoms with E-state index in [9.17, 15) is 13.2 Å². The van der Waals surface area contributed by atoms with Crippen molar-refractivity contribution in [3.05, 3.63) is 23.2 Å². The number of sulfonamides is 1. The van der Waals surface area contributed by atoms with Crippen LogP contribution in [0.4, 0.5) is 5.69 Å². The quantitative estimate of drug-likeness (QED) is 0.761. The molecule has 1 amide bonds. The third-order valence-corrected chi connectivity index (χ3v) is 5.56. The van der Waals surface area contributed by atoms with Gasteiger partial charge in [-0.1, -0.05) is 11.6 Å². The number of amides is 1. The fourth-order valence-electron chi connectivity index (χ4n) is 2.10. The molecule has 0 bridgehead atoms. The molecule has 1 atom stereocenters. The fourth-order valence-corrected chi connectivity index (χ4v) is 4.19. The van der Waals surface area contributed by atoms with E-state index in [0.29, 0.717) is 5.69 Å². The highest BCUT2D eigenvalue weighted by Crippen LogP contribution is 2.28. The van der Waals surface area contributed by atoms with Crippen LogP contribution in [0.1, 0.15) is 0 Å². The zero-order chi connectivity index (χ0) is 15.6. The maximum Gasteiger partial charge on any atom is 0.245 e. The zero-order valence-electron chi connectivity index (χ0n) is 11.4. The number of rotatable bonds is 3. The Labute approximate surface area is 128 Å². The van der Waals surface area contributed by atoms with Crippen LogP contribution in [0.15, 0.2) is 23.1 Å². The number of nitrogens with zero attached hydrogens (tertiary/aromatic N) is 1. The third kappa shape index (κ3) is 3.13.